The minimum Gasteiger partial charge on any atom is -0.316 e. The van der Waals surface area contributed by atoms with Crippen molar-refractivity contribution in [1.82, 2.24) is 20.1 Å². The van der Waals surface area contributed by atoms with E-state index in [2.05, 4.69) is 15.5 Å². The fourth-order valence-corrected chi connectivity index (χ4v) is 3.34. The Morgan fingerprint density at radius 3 is 2.81 bits per heavy atom. The molecule has 2 atom stereocenters. The summed E-state index contributed by atoms with van der Waals surface area (Å²) in [6.45, 7) is 2.07. The molecule has 0 radical (unpaired) electrons. The highest BCUT2D eigenvalue weighted by atomic mass is 19.4. The lowest BCUT2D eigenvalue weighted by Gasteiger charge is -2.27. The van der Waals surface area contributed by atoms with Crippen LogP contribution in [0.5, 0.6) is 0 Å². The summed E-state index contributed by atoms with van der Waals surface area (Å²) in [5.74, 6) is 0.793. The highest BCUT2D eigenvalue weighted by Gasteiger charge is 2.42. The molecule has 118 valence electrons. The third-order valence-electron chi connectivity index (χ3n) is 4.66. The van der Waals surface area contributed by atoms with Gasteiger partial charge >= 0.3 is 6.18 Å². The molecule has 3 rings (SSSR count). The molecule has 1 saturated heterocycles. The Morgan fingerprint density at radius 2 is 2.10 bits per heavy atom. The number of fused-ring (bicyclic) bond motifs is 1. The number of aryl methyl sites for hydroxylation is 2. The number of hydrogen-bond acceptors (Lipinski definition) is 3. The highest BCUT2D eigenvalue weighted by Crippen LogP contribution is 2.34. The van der Waals surface area contributed by atoms with Gasteiger partial charge in [0.05, 0.1) is 5.92 Å². The maximum Gasteiger partial charge on any atom is 0.393 e. The number of halogens is 3. The summed E-state index contributed by atoms with van der Waals surface area (Å²) < 4.78 is 40.4. The van der Waals surface area contributed by atoms with Crippen molar-refractivity contribution < 1.29 is 13.2 Å². The largest absolute Gasteiger partial charge is 0.393 e. The van der Waals surface area contributed by atoms with E-state index in [1.165, 1.54) is 12.8 Å². The Kier molecular flexibility index (Phi) is 4.19. The van der Waals surface area contributed by atoms with Gasteiger partial charge in [-0.05, 0) is 44.7 Å². The smallest absolute Gasteiger partial charge is 0.316 e. The third kappa shape index (κ3) is 3.39. The first kappa shape index (κ1) is 14.8. The summed E-state index contributed by atoms with van der Waals surface area (Å²) in [5, 5.41) is 11.6. The topological polar surface area (TPSA) is 42.7 Å². The van der Waals surface area contributed by atoms with Gasteiger partial charge in [0, 0.05) is 19.4 Å². The van der Waals surface area contributed by atoms with E-state index < -0.39 is 12.1 Å². The van der Waals surface area contributed by atoms with E-state index in [-0.39, 0.29) is 13.0 Å². The van der Waals surface area contributed by atoms with Crippen LogP contribution >= 0.6 is 0 Å². The first-order valence-electron chi connectivity index (χ1n) is 7.72. The summed E-state index contributed by atoms with van der Waals surface area (Å²) in [5.41, 5.74) is 0. The summed E-state index contributed by atoms with van der Waals surface area (Å²) in [4.78, 5) is 0. The van der Waals surface area contributed by atoms with Crippen LogP contribution in [-0.2, 0) is 19.4 Å². The fraction of sp³-hybridized carbons (Fsp3) is 0.857. The van der Waals surface area contributed by atoms with Crippen molar-refractivity contribution in [2.45, 2.75) is 51.2 Å². The molecule has 1 aromatic heterocycles. The number of rotatable bonds is 3. The van der Waals surface area contributed by atoms with Gasteiger partial charge < -0.3 is 9.88 Å². The van der Waals surface area contributed by atoms with Crippen LogP contribution in [0, 0.1) is 11.8 Å². The van der Waals surface area contributed by atoms with Crippen LogP contribution in [0.15, 0.2) is 0 Å². The maximum absolute atomic E-state index is 12.9. The molecule has 0 aliphatic carbocycles. The molecule has 2 unspecified atom stereocenters. The first-order chi connectivity index (χ1) is 10.0. The minimum absolute atomic E-state index is 0.00984. The van der Waals surface area contributed by atoms with E-state index in [1.54, 1.807) is 4.57 Å². The second-order valence-corrected chi connectivity index (χ2v) is 6.17. The Hall–Kier alpha value is -1.11. The second kappa shape index (κ2) is 5.94. The van der Waals surface area contributed by atoms with Crippen molar-refractivity contribution in [3.05, 3.63) is 11.6 Å². The number of nitrogens with one attached hydrogen (secondary N) is 1. The highest BCUT2D eigenvalue weighted by molar-refractivity contribution is 5.01. The second-order valence-electron chi connectivity index (χ2n) is 6.17. The average Bonchev–Trinajstić information content (AvgIpc) is 2.87. The van der Waals surface area contributed by atoms with Gasteiger partial charge in [-0.25, -0.2) is 0 Å². The van der Waals surface area contributed by atoms with Gasteiger partial charge in [-0.15, -0.1) is 10.2 Å². The van der Waals surface area contributed by atoms with Crippen molar-refractivity contribution in [2.75, 3.05) is 13.1 Å². The Labute approximate surface area is 122 Å². The van der Waals surface area contributed by atoms with Gasteiger partial charge in [0.1, 0.15) is 11.6 Å². The van der Waals surface area contributed by atoms with Crippen LogP contribution < -0.4 is 5.32 Å². The van der Waals surface area contributed by atoms with Crippen molar-refractivity contribution >= 4 is 0 Å². The van der Waals surface area contributed by atoms with Crippen LogP contribution in [0.25, 0.3) is 0 Å². The molecular formula is C14H21F3N4. The molecule has 3 heterocycles. The predicted octanol–water partition coefficient (Wildman–Crippen LogP) is 2.33. The monoisotopic (exact) mass is 302 g/mol. The average molecular weight is 302 g/mol. The van der Waals surface area contributed by atoms with E-state index in [1.807, 2.05) is 0 Å². The summed E-state index contributed by atoms with van der Waals surface area (Å²) >= 11 is 0. The first-order valence-corrected chi connectivity index (χ1v) is 7.72. The summed E-state index contributed by atoms with van der Waals surface area (Å²) in [7, 11) is 0. The van der Waals surface area contributed by atoms with E-state index in [4.69, 9.17) is 0 Å². The van der Waals surface area contributed by atoms with E-state index in [9.17, 15) is 13.2 Å². The molecule has 0 saturated carbocycles. The molecule has 0 bridgehead atoms. The molecule has 0 spiro atoms. The maximum atomic E-state index is 12.9. The normalized spacial score (nSPS) is 26.6. The number of alkyl halides is 3. The van der Waals surface area contributed by atoms with Crippen molar-refractivity contribution in [2.24, 2.45) is 11.8 Å². The van der Waals surface area contributed by atoms with Crippen LogP contribution in [-0.4, -0.2) is 34.0 Å². The van der Waals surface area contributed by atoms with Gasteiger partial charge in [0.15, 0.2) is 0 Å². The fourth-order valence-electron chi connectivity index (χ4n) is 3.34. The molecule has 2 aliphatic rings. The van der Waals surface area contributed by atoms with E-state index >= 15 is 0 Å². The Bertz CT molecular complexity index is 477. The quantitative estimate of drug-likeness (QED) is 0.932. The van der Waals surface area contributed by atoms with E-state index in [0.29, 0.717) is 18.2 Å². The molecule has 7 heteroatoms. The number of piperidine rings is 1. The number of nitrogens with zero attached hydrogens (tertiary/aromatic N) is 3. The zero-order chi connectivity index (χ0) is 14.9. The standard InChI is InChI=1S/C14H21F3N4/c15-14(16,17)11-4-6-13-20-19-12(21(13)9-11)5-3-10-2-1-7-18-8-10/h10-11,18H,1-9H2. The van der Waals surface area contributed by atoms with Crippen LogP contribution in [0.4, 0.5) is 13.2 Å². The minimum atomic E-state index is -4.12. The SMILES string of the molecule is FC(F)(F)C1CCc2nnc(CCC3CCCNC3)n2C1. The molecule has 1 aromatic rings. The lowest BCUT2D eigenvalue weighted by atomic mass is 9.94. The van der Waals surface area contributed by atoms with Crippen LogP contribution in [0.1, 0.15) is 37.3 Å². The van der Waals surface area contributed by atoms with E-state index in [0.717, 1.165) is 31.8 Å². The zero-order valence-electron chi connectivity index (χ0n) is 12.0. The Balaban J connectivity index is 1.64. The van der Waals surface area contributed by atoms with Gasteiger partial charge in [-0.2, -0.15) is 13.2 Å². The van der Waals surface area contributed by atoms with Crippen LogP contribution in [0.2, 0.25) is 0 Å². The number of aromatic nitrogens is 3. The van der Waals surface area contributed by atoms with Crippen molar-refractivity contribution in [1.29, 1.82) is 0 Å². The Morgan fingerprint density at radius 1 is 1.24 bits per heavy atom. The molecule has 1 N–H and O–H groups in total. The lowest BCUT2D eigenvalue weighted by Crippen LogP contribution is -2.33. The molecule has 1 fully saturated rings. The van der Waals surface area contributed by atoms with Crippen molar-refractivity contribution in [3.63, 3.8) is 0 Å². The third-order valence-corrected chi connectivity index (χ3v) is 4.66. The molecule has 4 nitrogen and oxygen atoms in total. The summed E-state index contributed by atoms with van der Waals surface area (Å²) in [6.07, 6.45) is 0.465. The summed E-state index contributed by atoms with van der Waals surface area (Å²) in [6, 6.07) is 0. The van der Waals surface area contributed by atoms with Gasteiger partial charge in [-0.1, -0.05) is 0 Å². The molecule has 0 amide bonds. The van der Waals surface area contributed by atoms with Gasteiger partial charge in [0.25, 0.3) is 0 Å². The molecule has 21 heavy (non-hydrogen) atoms. The predicted molar refractivity (Wildman–Crippen MR) is 71.8 cm³/mol. The lowest BCUT2D eigenvalue weighted by molar-refractivity contribution is -0.182. The van der Waals surface area contributed by atoms with Gasteiger partial charge in [0.2, 0.25) is 0 Å². The molecule has 2 aliphatic heterocycles. The number of hydrogen-bond donors (Lipinski definition) is 1. The molecular weight excluding hydrogens is 281 g/mol. The zero-order valence-corrected chi connectivity index (χ0v) is 12.0. The van der Waals surface area contributed by atoms with Crippen LogP contribution in [0.3, 0.4) is 0 Å². The molecule has 0 aromatic carbocycles. The van der Waals surface area contributed by atoms with Gasteiger partial charge in [-0.3, -0.25) is 0 Å². The van der Waals surface area contributed by atoms with Crippen molar-refractivity contribution in [3.8, 4) is 0 Å².